The summed E-state index contributed by atoms with van der Waals surface area (Å²) in [6, 6.07) is 22.1. The van der Waals surface area contributed by atoms with E-state index in [2.05, 4.69) is 0 Å². The predicted octanol–water partition coefficient (Wildman–Crippen LogP) is 8.73. The molecular formula is C56H64N18O6. The molecule has 0 unspecified atom stereocenters. The highest BCUT2D eigenvalue weighted by Crippen LogP contribution is 2.40. The van der Waals surface area contributed by atoms with Crippen molar-refractivity contribution in [3.63, 3.8) is 0 Å². The average Bonchev–Trinajstić information content (AvgIpc) is 4.20. The van der Waals surface area contributed by atoms with Crippen LogP contribution in [0.25, 0.3) is 22.1 Å². The summed E-state index contributed by atoms with van der Waals surface area (Å²) in [5.74, 6) is 0.331. The Morgan fingerprint density at radius 3 is 1.06 bits per heavy atom. The molecule has 0 saturated heterocycles. The minimum Gasteiger partial charge on any atom is -0.473 e. The lowest BCUT2D eigenvalue weighted by atomic mass is 10.1. The maximum atomic E-state index is 9.99. The molecule has 0 fully saturated rings. The number of nitrogens with one attached hydrogen (secondary N) is 2. The molecule has 0 saturated carbocycles. The van der Waals surface area contributed by atoms with Gasteiger partial charge in [-0.1, -0.05) is 24.3 Å². The summed E-state index contributed by atoms with van der Waals surface area (Å²) in [4.78, 5) is 21.4. The second kappa shape index (κ2) is 21.8. The van der Waals surface area contributed by atoms with Crippen LogP contribution in [0.3, 0.4) is 0 Å². The van der Waals surface area contributed by atoms with Crippen molar-refractivity contribution in [2.45, 2.75) is 92.6 Å². The number of hydrogen-bond donors (Lipinski definition) is 4. The van der Waals surface area contributed by atoms with E-state index < -0.39 is 11.2 Å². The lowest BCUT2D eigenvalue weighted by Gasteiger charge is -2.42. The first-order valence-corrected chi connectivity index (χ1v) is 26.1. The topological polar surface area (TPSA) is 280 Å². The van der Waals surface area contributed by atoms with Crippen LogP contribution in [-0.4, -0.2) is 133 Å². The molecule has 10 rings (SSSR count). The molecule has 2 aliphatic rings. The molecule has 0 aromatic carbocycles. The zero-order valence-electron chi connectivity index (χ0n) is 46.2. The minimum atomic E-state index is -0.749. The van der Waals surface area contributed by atoms with Crippen LogP contribution >= 0.6 is 0 Å². The van der Waals surface area contributed by atoms with Gasteiger partial charge in [0.15, 0.2) is 46.1 Å². The molecule has 10 heterocycles. The first-order valence-electron chi connectivity index (χ1n) is 26.1. The normalized spacial score (nSPS) is 16.8. The molecule has 24 nitrogen and oxygen atoms in total. The fourth-order valence-corrected chi connectivity index (χ4v) is 8.52. The number of hydrazine groups is 1. The van der Waals surface area contributed by atoms with Crippen LogP contribution in [0.15, 0.2) is 141 Å². The third kappa shape index (κ3) is 11.3. The lowest BCUT2D eigenvalue weighted by Crippen LogP contribution is -2.63. The van der Waals surface area contributed by atoms with E-state index in [1.165, 1.54) is 22.2 Å². The van der Waals surface area contributed by atoms with Crippen LogP contribution < -0.4 is 30.4 Å². The van der Waals surface area contributed by atoms with Crippen LogP contribution in [0.4, 0.5) is 22.7 Å². The molecule has 24 heteroatoms. The number of hydrogen-bond acceptors (Lipinski definition) is 18. The van der Waals surface area contributed by atoms with Crippen molar-refractivity contribution < 1.29 is 28.4 Å². The van der Waals surface area contributed by atoms with E-state index in [9.17, 15) is 10.8 Å². The van der Waals surface area contributed by atoms with Crippen LogP contribution in [0, 0.1) is 10.8 Å². The number of rotatable bonds is 17. The molecular weight excluding hydrogens is 1020 g/mol. The van der Waals surface area contributed by atoms with E-state index in [-0.39, 0.29) is 131 Å². The maximum Gasteiger partial charge on any atom is 0.260 e. The van der Waals surface area contributed by atoms with E-state index >= 15 is 0 Å². The van der Waals surface area contributed by atoms with Gasteiger partial charge in [-0.15, -0.1) is 20.4 Å². The van der Waals surface area contributed by atoms with Gasteiger partial charge in [0, 0.05) is 24.8 Å². The Kier molecular flexibility index (Phi) is 14.7. The number of nitrogens with two attached hydrogens (primary N) is 2. The maximum absolute atomic E-state index is 9.99. The molecule has 8 aromatic rings. The van der Waals surface area contributed by atoms with Gasteiger partial charge in [-0.25, -0.2) is 48.0 Å². The Bertz CT molecular complexity index is 3880. The fourth-order valence-electron chi connectivity index (χ4n) is 8.52. The highest BCUT2D eigenvalue weighted by atomic mass is 16.5. The molecule has 2 aliphatic heterocycles. The van der Waals surface area contributed by atoms with E-state index in [1.54, 1.807) is 42.8 Å². The molecule has 0 aliphatic carbocycles. The SMILES string of the molecule is CC(C)OCCOc1nn2ccccc2c1N=C1C(=N)C=C(N)C(=Nc2c(OCCOC(C)C)nn3ccccc23)N1N1C(=Nc2c(OC(C)(C)C)nn3ccccc23)C(=N)C=C(N)C1=Nc1c(OC(C)(C)C)nn2ccccc12. The average molecular weight is 1090 g/mol. The van der Waals surface area contributed by atoms with Crippen molar-refractivity contribution in [3.8, 4) is 23.5 Å². The van der Waals surface area contributed by atoms with Crippen molar-refractivity contribution in [1.82, 2.24) is 48.5 Å². The number of nitrogens with zero attached hydrogens (tertiary/aromatic N) is 14. The standard InChI is InChI=1S/C56H64N18O6/c1-33(2)75-27-29-77-51-43(39-19-11-15-23-69(39)65-51)61-47-35(57)31-36(58)48(62-44-40-20-12-16-24-70(40)66-52(44)78-30-28-76-34(3)4)73(47)74-49(63-45-41-21-13-17-25-71(41)67-53(45)79-55(5,6)7)37(59)32-38(60)50(74)64-46-42-22-14-18-26-72(42)68-54(46)80-56(8,9)10/h11-26,31-34,57,59H,27-30,58,60H2,1-10H3. The quantitative estimate of drug-likeness (QED) is 0.0621. The summed E-state index contributed by atoms with van der Waals surface area (Å²) >= 11 is 0. The third-order valence-corrected chi connectivity index (χ3v) is 11.8. The van der Waals surface area contributed by atoms with Gasteiger partial charge < -0.3 is 39.9 Å². The Labute approximate surface area is 460 Å². The van der Waals surface area contributed by atoms with Crippen molar-refractivity contribution in [3.05, 3.63) is 121 Å². The van der Waals surface area contributed by atoms with Crippen molar-refractivity contribution in [1.29, 1.82) is 10.8 Å². The molecule has 414 valence electrons. The van der Waals surface area contributed by atoms with Crippen molar-refractivity contribution in [2.75, 3.05) is 26.4 Å². The van der Waals surface area contributed by atoms with E-state index in [0.717, 1.165) is 0 Å². The van der Waals surface area contributed by atoms with Gasteiger partial charge in [0.05, 0.1) is 58.9 Å². The van der Waals surface area contributed by atoms with Crippen LogP contribution in [0.1, 0.15) is 69.2 Å². The number of pyridine rings is 4. The number of aromatic nitrogens is 8. The molecule has 80 heavy (non-hydrogen) atoms. The van der Waals surface area contributed by atoms with Crippen LogP contribution in [0.5, 0.6) is 23.5 Å². The number of amidine groups is 4. The van der Waals surface area contributed by atoms with E-state index in [1.807, 2.05) is 142 Å². The Morgan fingerprint density at radius 1 is 0.450 bits per heavy atom. The summed E-state index contributed by atoms with van der Waals surface area (Å²) in [5.41, 5.74) is 15.7. The fraction of sp³-hybridized carbons (Fsp3) is 0.321. The van der Waals surface area contributed by atoms with Gasteiger partial charge in [0.1, 0.15) is 35.8 Å². The van der Waals surface area contributed by atoms with Gasteiger partial charge in [-0.2, -0.15) is 0 Å². The number of fused-ring (bicyclic) bond motifs is 4. The molecule has 0 radical (unpaired) electrons. The number of aliphatic imine (C=N–C) groups is 4. The Hall–Kier alpha value is -9.42. The summed E-state index contributed by atoms with van der Waals surface area (Å²) in [5, 5.41) is 42.1. The highest BCUT2D eigenvalue weighted by Gasteiger charge is 2.43. The molecule has 0 amide bonds. The molecule has 8 aromatic heterocycles. The second-order valence-corrected chi connectivity index (χ2v) is 21.1. The summed E-state index contributed by atoms with van der Waals surface area (Å²) in [6.45, 7) is 19.9. The smallest absolute Gasteiger partial charge is 0.260 e. The van der Waals surface area contributed by atoms with E-state index in [4.69, 9.17) is 80.3 Å². The minimum absolute atomic E-state index is 0.00867. The molecule has 0 bridgehead atoms. The van der Waals surface area contributed by atoms with Gasteiger partial charge in [0.2, 0.25) is 0 Å². The molecule has 6 N–H and O–H groups in total. The predicted molar refractivity (Wildman–Crippen MR) is 307 cm³/mol. The van der Waals surface area contributed by atoms with Crippen molar-refractivity contribution >= 4 is 79.6 Å². The zero-order chi connectivity index (χ0) is 56.6. The van der Waals surface area contributed by atoms with Gasteiger partial charge in [-0.3, -0.25) is 10.8 Å². The summed E-state index contributed by atoms with van der Waals surface area (Å²) in [7, 11) is 0. The molecule has 0 atom stereocenters. The third-order valence-electron chi connectivity index (χ3n) is 11.8. The second-order valence-electron chi connectivity index (χ2n) is 21.1. The van der Waals surface area contributed by atoms with Gasteiger partial charge in [-0.05, 0) is 130 Å². The van der Waals surface area contributed by atoms with E-state index in [0.29, 0.717) is 22.1 Å². The summed E-state index contributed by atoms with van der Waals surface area (Å²) < 4.78 is 44.1. The number of ether oxygens (including phenoxy) is 6. The van der Waals surface area contributed by atoms with Crippen LogP contribution in [-0.2, 0) is 9.47 Å². The Balaban J connectivity index is 1.32. The monoisotopic (exact) mass is 1080 g/mol. The lowest BCUT2D eigenvalue weighted by molar-refractivity contribution is 0.0542. The first kappa shape index (κ1) is 54.0. The summed E-state index contributed by atoms with van der Waals surface area (Å²) in [6.07, 6.45) is 9.85. The molecule has 0 spiro atoms. The largest absolute Gasteiger partial charge is 0.473 e. The van der Waals surface area contributed by atoms with Gasteiger partial charge >= 0.3 is 0 Å². The van der Waals surface area contributed by atoms with Crippen molar-refractivity contribution in [2.24, 2.45) is 31.4 Å². The highest BCUT2D eigenvalue weighted by molar-refractivity contribution is 6.54. The zero-order valence-corrected chi connectivity index (χ0v) is 46.2. The van der Waals surface area contributed by atoms with Crippen LogP contribution in [0.2, 0.25) is 0 Å². The Morgan fingerprint density at radius 2 is 0.750 bits per heavy atom. The first-order chi connectivity index (χ1) is 38.2. The van der Waals surface area contributed by atoms with Gasteiger partial charge in [0.25, 0.3) is 23.5 Å².